The number of nitrogens with zero attached hydrogens (tertiary/aromatic N) is 1. The van der Waals surface area contributed by atoms with Gasteiger partial charge in [-0.1, -0.05) is 67.4 Å². The molecule has 3 atom stereocenters. The number of rotatable bonds is 6. The van der Waals surface area contributed by atoms with E-state index in [0.717, 1.165) is 42.4 Å². The molecular formula is C25H28N2O3. The monoisotopic (exact) mass is 404 g/mol. The lowest BCUT2D eigenvalue weighted by atomic mass is 9.81. The van der Waals surface area contributed by atoms with Gasteiger partial charge in [0.2, 0.25) is 17.7 Å². The molecule has 5 heteroatoms. The van der Waals surface area contributed by atoms with Gasteiger partial charge in [0.25, 0.3) is 0 Å². The zero-order valence-corrected chi connectivity index (χ0v) is 17.3. The summed E-state index contributed by atoms with van der Waals surface area (Å²) in [5.74, 6) is -0.623. The van der Waals surface area contributed by atoms with Crippen LogP contribution >= 0.6 is 0 Å². The maximum absolute atomic E-state index is 12.5. The van der Waals surface area contributed by atoms with E-state index < -0.39 is 0 Å². The highest BCUT2D eigenvalue weighted by molar-refractivity contribution is 6.05. The number of hydrogen-bond acceptors (Lipinski definition) is 3. The summed E-state index contributed by atoms with van der Waals surface area (Å²) in [6, 6.07) is 18.1. The highest BCUT2D eigenvalue weighted by Crippen LogP contribution is 2.38. The fourth-order valence-corrected chi connectivity index (χ4v) is 4.66. The average Bonchev–Trinajstić information content (AvgIpc) is 3.03. The summed E-state index contributed by atoms with van der Waals surface area (Å²) < 4.78 is 0. The Kier molecular flexibility index (Phi) is 5.98. The Balaban J connectivity index is 1.31. The minimum absolute atomic E-state index is 0.0814. The fourth-order valence-electron chi connectivity index (χ4n) is 4.66. The summed E-state index contributed by atoms with van der Waals surface area (Å²) in [4.78, 5) is 38.8. The Labute approximate surface area is 177 Å². The van der Waals surface area contributed by atoms with Crippen molar-refractivity contribution in [1.29, 1.82) is 0 Å². The highest BCUT2D eigenvalue weighted by Gasteiger charge is 2.47. The van der Waals surface area contributed by atoms with Crippen LogP contribution in [-0.2, 0) is 14.4 Å². The van der Waals surface area contributed by atoms with E-state index in [1.54, 1.807) is 0 Å². The highest BCUT2D eigenvalue weighted by atomic mass is 16.2. The SMILES string of the molecule is CC(NC(=O)CCN1C(=O)C2CCCCC2C1=O)c1ccc(-c2ccccc2)cc1. The van der Waals surface area contributed by atoms with Gasteiger partial charge in [0.15, 0.2) is 0 Å². The Morgan fingerprint density at radius 3 is 2.10 bits per heavy atom. The second kappa shape index (κ2) is 8.82. The van der Waals surface area contributed by atoms with Crippen molar-refractivity contribution in [3.63, 3.8) is 0 Å². The zero-order valence-electron chi connectivity index (χ0n) is 17.3. The minimum Gasteiger partial charge on any atom is -0.350 e. The van der Waals surface area contributed by atoms with Crippen LogP contribution in [0.5, 0.6) is 0 Å². The maximum Gasteiger partial charge on any atom is 0.233 e. The maximum atomic E-state index is 12.5. The molecule has 2 fully saturated rings. The number of hydrogen-bond donors (Lipinski definition) is 1. The molecule has 30 heavy (non-hydrogen) atoms. The third-order valence-electron chi connectivity index (χ3n) is 6.39. The summed E-state index contributed by atoms with van der Waals surface area (Å²) in [6.07, 6.45) is 3.76. The van der Waals surface area contributed by atoms with Gasteiger partial charge in [0.05, 0.1) is 17.9 Å². The van der Waals surface area contributed by atoms with E-state index in [9.17, 15) is 14.4 Å². The molecule has 0 bridgehead atoms. The molecule has 156 valence electrons. The van der Waals surface area contributed by atoms with Crippen LogP contribution in [0.15, 0.2) is 54.6 Å². The largest absolute Gasteiger partial charge is 0.350 e. The predicted octanol–water partition coefficient (Wildman–Crippen LogP) is 4.10. The number of carbonyl (C=O) groups is 3. The summed E-state index contributed by atoms with van der Waals surface area (Å²) in [5, 5.41) is 2.98. The van der Waals surface area contributed by atoms with Crippen molar-refractivity contribution in [3.8, 4) is 11.1 Å². The van der Waals surface area contributed by atoms with Gasteiger partial charge in [0.1, 0.15) is 0 Å². The average molecular weight is 405 g/mol. The summed E-state index contributed by atoms with van der Waals surface area (Å²) in [7, 11) is 0. The van der Waals surface area contributed by atoms with Crippen molar-refractivity contribution in [1.82, 2.24) is 10.2 Å². The van der Waals surface area contributed by atoms with Crippen LogP contribution in [0, 0.1) is 11.8 Å². The third kappa shape index (κ3) is 4.16. The normalized spacial score (nSPS) is 22.0. The molecule has 3 unspecified atom stereocenters. The van der Waals surface area contributed by atoms with Crippen molar-refractivity contribution in [2.24, 2.45) is 11.8 Å². The first kappa shape index (κ1) is 20.3. The number of imide groups is 1. The van der Waals surface area contributed by atoms with Crippen molar-refractivity contribution < 1.29 is 14.4 Å². The first-order valence-electron chi connectivity index (χ1n) is 10.8. The number of carbonyl (C=O) groups excluding carboxylic acids is 3. The van der Waals surface area contributed by atoms with Crippen molar-refractivity contribution in [3.05, 3.63) is 60.2 Å². The van der Waals surface area contributed by atoms with E-state index in [4.69, 9.17) is 0 Å². The van der Waals surface area contributed by atoms with Crippen LogP contribution < -0.4 is 5.32 Å². The fraction of sp³-hybridized carbons (Fsp3) is 0.400. The summed E-state index contributed by atoms with van der Waals surface area (Å²) in [5.41, 5.74) is 3.30. The van der Waals surface area contributed by atoms with E-state index in [0.29, 0.717) is 0 Å². The Bertz CT molecular complexity index is 899. The molecule has 1 aliphatic heterocycles. The number of amides is 3. The number of likely N-dealkylation sites (tertiary alicyclic amines) is 1. The lowest BCUT2D eigenvalue weighted by Gasteiger charge is -2.19. The summed E-state index contributed by atoms with van der Waals surface area (Å²) >= 11 is 0. The molecule has 1 heterocycles. The number of fused-ring (bicyclic) bond motifs is 1. The van der Waals surface area contributed by atoms with Crippen molar-refractivity contribution >= 4 is 17.7 Å². The van der Waals surface area contributed by atoms with E-state index in [1.165, 1.54) is 4.90 Å². The molecule has 0 radical (unpaired) electrons. The van der Waals surface area contributed by atoms with Crippen LogP contribution in [0.2, 0.25) is 0 Å². The minimum atomic E-state index is -0.156. The number of nitrogens with one attached hydrogen (secondary N) is 1. The van der Waals surface area contributed by atoms with Crippen LogP contribution in [-0.4, -0.2) is 29.2 Å². The second-order valence-corrected chi connectivity index (χ2v) is 8.35. The van der Waals surface area contributed by atoms with Gasteiger partial charge >= 0.3 is 0 Å². The number of benzene rings is 2. The van der Waals surface area contributed by atoms with E-state index in [-0.39, 0.29) is 48.6 Å². The molecule has 1 saturated carbocycles. The lowest BCUT2D eigenvalue weighted by molar-refractivity contribution is -0.140. The first-order chi connectivity index (χ1) is 14.5. The topological polar surface area (TPSA) is 66.5 Å². The van der Waals surface area contributed by atoms with Gasteiger partial charge in [-0.25, -0.2) is 0 Å². The van der Waals surface area contributed by atoms with Crippen molar-refractivity contribution in [2.75, 3.05) is 6.54 Å². The summed E-state index contributed by atoms with van der Waals surface area (Å²) in [6.45, 7) is 2.12. The van der Waals surface area contributed by atoms with Crippen LogP contribution in [0.3, 0.4) is 0 Å². The Morgan fingerprint density at radius 1 is 0.933 bits per heavy atom. The second-order valence-electron chi connectivity index (χ2n) is 8.35. The molecule has 1 aliphatic carbocycles. The Morgan fingerprint density at radius 2 is 1.50 bits per heavy atom. The molecule has 2 aromatic rings. The molecule has 1 N–H and O–H groups in total. The zero-order chi connectivity index (χ0) is 21.1. The van der Waals surface area contributed by atoms with Gasteiger partial charge in [-0.05, 0) is 36.5 Å². The van der Waals surface area contributed by atoms with Crippen LogP contribution in [0.25, 0.3) is 11.1 Å². The quantitative estimate of drug-likeness (QED) is 0.737. The molecule has 5 nitrogen and oxygen atoms in total. The van der Waals surface area contributed by atoms with E-state index in [2.05, 4.69) is 29.6 Å². The third-order valence-corrected chi connectivity index (χ3v) is 6.39. The molecule has 4 rings (SSSR count). The van der Waals surface area contributed by atoms with Gasteiger partial charge in [-0.3, -0.25) is 19.3 Å². The van der Waals surface area contributed by atoms with E-state index in [1.807, 2.05) is 37.3 Å². The molecule has 2 aliphatic rings. The van der Waals surface area contributed by atoms with Gasteiger partial charge in [0, 0.05) is 13.0 Å². The van der Waals surface area contributed by atoms with Crippen LogP contribution in [0.4, 0.5) is 0 Å². The van der Waals surface area contributed by atoms with Gasteiger partial charge in [-0.2, -0.15) is 0 Å². The molecular weight excluding hydrogens is 376 g/mol. The van der Waals surface area contributed by atoms with E-state index >= 15 is 0 Å². The molecule has 0 aromatic heterocycles. The first-order valence-corrected chi connectivity index (χ1v) is 10.8. The molecule has 1 saturated heterocycles. The molecule has 3 amide bonds. The predicted molar refractivity (Wildman–Crippen MR) is 115 cm³/mol. The van der Waals surface area contributed by atoms with Gasteiger partial charge < -0.3 is 5.32 Å². The molecule has 2 aromatic carbocycles. The molecule has 0 spiro atoms. The van der Waals surface area contributed by atoms with Crippen molar-refractivity contribution in [2.45, 2.75) is 45.1 Å². The lowest BCUT2D eigenvalue weighted by Crippen LogP contribution is -2.36. The standard InChI is InChI=1S/C25H28N2O3/c1-17(18-11-13-20(14-12-18)19-7-3-2-4-8-19)26-23(28)15-16-27-24(29)21-9-5-6-10-22(21)25(27)30/h2-4,7-8,11-14,17,21-22H,5-6,9-10,15-16H2,1H3,(H,26,28). The smallest absolute Gasteiger partial charge is 0.233 e. The Hall–Kier alpha value is -2.95. The van der Waals surface area contributed by atoms with Crippen LogP contribution in [0.1, 0.15) is 50.6 Å². The van der Waals surface area contributed by atoms with Gasteiger partial charge in [-0.15, -0.1) is 0 Å².